The van der Waals surface area contributed by atoms with Crippen molar-refractivity contribution in [2.45, 2.75) is 39.3 Å². The molecule has 3 rings (SSSR count). The lowest BCUT2D eigenvalue weighted by atomic mass is 9.82. The highest BCUT2D eigenvalue weighted by Gasteiger charge is 2.45. The summed E-state index contributed by atoms with van der Waals surface area (Å²) in [4.78, 5) is 38.0. The minimum Gasteiger partial charge on any atom is -0.352 e. The van der Waals surface area contributed by atoms with Gasteiger partial charge in [0, 0.05) is 18.9 Å². The third-order valence-electron chi connectivity index (χ3n) is 4.80. The van der Waals surface area contributed by atoms with Crippen molar-refractivity contribution in [3.05, 3.63) is 46.8 Å². The van der Waals surface area contributed by atoms with Gasteiger partial charge in [-0.3, -0.25) is 9.59 Å². The number of aromatic amines is 1. The fourth-order valence-corrected chi connectivity index (χ4v) is 3.90. The Labute approximate surface area is 167 Å². The van der Waals surface area contributed by atoms with Crippen LogP contribution in [0.2, 0.25) is 5.02 Å². The zero-order valence-electron chi connectivity index (χ0n) is 15.9. The van der Waals surface area contributed by atoms with Crippen molar-refractivity contribution in [1.29, 1.82) is 5.26 Å². The summed E-state index contributed by atoms with van der Waals surface area (Å²) in [6, 6.07) is 3.04. The van der Waals surface area contributed by atoms with Crippen molar-refractivity contribution in [1.82, 2.24) is 25.2 Å². The molecule has 0 saturated carbocycles. The molecule has 2 atom stereocenters. The lowest BCUT2D eigenvalue weighted by Gasteiger charge is -2.38. The summed E-state index contributed by atoms with van der Waals surface area (Å²) in [5.74, 6) is -0.566. The Hall–Kier alpha value is -2.92. The number of likely N-dealkylation sites (tertiary alicyclic amines) is 1. The molecule has 0 spiro atoms. The van der Waals surface area contributed by atoms with Crippen LogP contribution in [0.1, 0.15) is 53.7 Å². The van der Waals surface area contributed by atoms with E-state index < -0.39 is 5.91 Å². The van der Waals surface area contributed by atoms with E-state index >= 15 is 0 Å². The largest absolute Gasteiger partial charge is 0.352 e. The van der Waals surface area contributed by atoms with Crippen molar-refractivity contribution in [2.75, 3.05) is 6.54 Å². The topological polar surface area (TPSA) is 115 Å². The first-order valence-corrected chi connectivity index (χ1v) is 9.26. The predicted octanol–water partition coefficient (Wildman–Crippen LogP) is 2.39. The van der Waals surface area contributed by atoms with Crippen molar-refractivity contribution in [3.63, 3.8) is 0 Å². The molecule has 0 unspecified atom stereocenters. The summed E-state index contributed by atoms with van der Waals surface area (Å²) in [6.07, 6.45) is 4.78. The minimum atomic E-state index is -0.394. The number of halogens is 1. The fraction of sp³-hybridized carbons (Fsp3) is 0.421. The molecule has 146 valence electrons. The normalized spacial score (nSPS) is 19.3. The van der Waals surface area contributed by atoms with Crippen molar-refractivity contribution in [3.8, 4) is 6.07 Å². The van der Waals surface area contributed by atoms with E-state index in [1.165, 1.54) is 24.8 Å². The molecule has 1 aliphatic rings. The smallest absolute Gasteiger partial charge is 0.271 e. The molecule has 2 N–H and O–H groups in total. The maximum atomic E-state index is 13.0. The number of carbonyl (C=O) groups excluding carboxylic acids is 2. The number of hydrogen-bond acceptors (Lipinski definition) is 5. The quantitative estimate of drug-likeness (QED) is 0.820. The van der Waals surface area contributed by atoms with Gasteiger partial charge in [-0.25, -0.2) is 9.97 Å². The molecule has 0 aromatic carbocycles. The molecule has 2 aromatic rings. The summed E-state index contributed by atoms with van der Waals surface area (Å²) < 4.78 is 0. The first kappa shape index (κ1) is 19.8. The second-order valence-electron chi connectivity index (χ2n) is 7.81. The Morgan fingerprint density at radius 2 is 2.18 bits per heavy atom. The number of nitrogens with zero attached hydrogens (tertiary/aromatic N) is 4. The van der Waals surface area contributed by atoms with Crippen molar-refractivity contribution in [2.24, 2.45) is 5.41 Å². The van der Waals surface area contributed by atoms with Gasteiger partial charge in [0.2, 0.25) is 0 Å². The number of hydrogen-bond donors (Lipinski definition) is 2. The first-order valence-electron chi connectivity index (χ1n) is 8.88. The molecule has 2 amide bonds. The van der Waals surface area contributed by atoms with Gasteiger partial charge in [0.1, 0.15) is 23.8 Å². The van der Waals surface area contributed by atoms with Crippen LogP contribution in [-0.2, 0) is 0 Å². The van der Waals surface area contributed by atoms with E-state index in [0.717, 1.165) is 0 Å². The number of aromatic nitrogens is 3. The molecule has 0 bridgehead atoms. The number of carbonyl (C=O) groups is 2. The summed E-state index contributed by atoms with van der Waals surface area (Å²) in [7, 11) is 0. The van der Waals surface area contributed by atoms with Crippen LogP contribution in [0.25, 0.3) is 0 Å². The van der Waals surface area contributed by atoms with E-state index in [-0.39, 0.29) is 34.1 Å². The van der Waals surface area contributed by atoms with Crippen LogP contribution < -0.4 is 5.32 Å². The van der Waals surface area contributed by atoms with E-state index in [9.17, 15) is 9.59 Å². The van der Waals surface area contributed by atoms with E-state index in [1.807, 2.05) is 26.8 Å². The van der Waals surface area contributed by atoms with Crippen molar-refractivity contribution < 1.29 is 9.59 Å². The summed E-state index contributed by atoms with van der Waals surface area (Å²) in [5.41, 5.74) is 0.585. The van der Waals surface area contributed by atoms with E-state index in [2.05, 4.69) is 20.3 Å². The summed E-state index contributed by atoms with van der Waals surface area (Å²) >= 11 is 6.03. The Balaban J connectivity index is 1.83. The number of amides is 2. The predicted molar refractivity (Wildman–Crippen MR) is 103 cm³/mol. The Kier molecular flexibility index (Phi) is 5.38. The van der Waals surface area contributed by atoms with Gasteiger partial charge in [0.25, 0.3) is 11.8 Å². The zero-order valence-corrected chi connectivity index (χ0v) is 16.6. The monoisotopic (exact) mass is 400 g/mol. The van der Waals surface area contributed by atoms with Gasteiger partial charge in [0.05, 0.1) is 22.7 Å². The average Bonchev–Trinajstić information content (AvgIpc) is 3.28. The summed E-state index contributed by atoms with van der Waals surface area (Å²) in [5, 5.41) is 12.1. The zero-order chi connectivity index (χ0) is 20.5. The van der Waals surface area contributed by atoms with Crippen molar-refractivity contribution >= 4 is 23.4 Å². The van der Waals surface area contributed by atoms with Gasteiger partial charge < -0.3 is 15.2 Å². The molecule has 8 nitrogen and oxygen atoms in total. The maximum Gasteiger partial charge on any atom is 0.271 e. The Morgan fingerprint density at radius 3 is 2.79 bits per heavy atom. The Bertz CT molecular complexity index is 942. The van der Waals surface area contributed by atoms with Crippen LogP contribution in [-0.4, -0.2) is 50.3 Å². The summed E-state index contributed by atoms with van der Waals surface area (Å²) in [6.45, 7) is 6.57. The van der Waals surface area contributed by atoms with Gasteiger partial charge in [0.15, 0.2) is 0 Å². The van der Waals surface area contributed by atoms with Gasteiger partial charge in [-0.05, 0) is 17.9 Å². The van der Waals surface area contributed by atoms with Crippen LogP contribution in [0.5, 0.6) is 0 Å². The van der Waals surface area contributed by atoms with Crippen LogP contribution in [0, 0.1) is 16.7 Å². The molecule has 1 aliphatic heterocycles. The molecule has 1 fully saturated rings. The first-order chi connectivity index (χ1) is 13.2. The third-order valence-corrected chi connectivity index (χ3v) is 5.07. The lowest BCUT2D eigenvalue weighted by Crippen LogP contribution is -2.53. The van der Waals surface area contributed by atoms with Gasteiger partial charge in [-0.2, -0.15) is 5.26 Å². The van der Waals surface area contributed by atoms with Crippen LogP contribution >= 0.6 is 11.6 Å². The SMILES string of the molecule is CC(C)(C)[C@@H]1[C@@H](NC(=O)c2ncncc2Cl)CCN1C(=O)c1c[nH]c(C#N)c1. The van der Waals surface area contributed by atoms with Gasteiger partial charge >= 0.3 is 0 Å². The second kappa shape index (κ2) is 7.60. The average molecular weight is 401 g/mol. The molecule has 9 heteroatoms. The number of rotatable bonds is 3. The van der Waals surface area contributed by atoms with Crippen LogP contribution in [0.4, 0.5) is 0 Å². The standard InChI is InChI=1S/C19H21ClN6O2/c1-19(2,3)16-14(25-17(27)15-13(20)9-22-10-24-15)4-5-26(16)18(28)11-6-12(7-21)23-8-11/h6,8-10,14,16,23H,4-5H2,1-3H3,(H,25,27)/t14-,16-/m0/s1. The van der Waals surface area contributed by atoms with E-state index in [0.29, 0.717) is 24.2 Å². The number of nitriles is 1. The minimum absolute atomic E-state index is 0.110. The highest BCUT2D eigenvalue weighted by atomic mass is 35.5. The fourth-order valence-electron chi connectivity index (χ4n) is 3.71. The molecular formula is C19H21ClN6O2. The number of nitrogens with one attached hydrogen (secondary N) is 2. The van der Waals surface area contributed by atoms with E-state index in [4.69, 9.17) is 16.9 Å². The Morgan fingerprint density at radius 1 is 1.43 bits per heavy atom. The third kappa shape index (κ3) is 3.85. The molecule has 2 aromatic heterocycles. The highest BCUT2D eigenvalue weighted by Crippen LogP contribution is 2.34. The molecular weight excluding hydrogens is 380 g/mol. The molecule has 28 heavy (non-hydrogen) atoms. The lowest BCUT2D eigenvalue weighted by molar-refractivity contribution is 0.0581. The molecule has 1 saturated heterocycles. The molecule has 0 radical (unpaired) electrons. The van der Waals surface area contributed by atoms with Gasteiger partial charge in [-0.1, -0.05) is 32.4 Å². The maximum absolute atomic E-state index is 13.0. The van der Waals surface area contributed by atoms with E-state index in [1.54, 1.807) is 4.90 Å². The van der Waals surface area contributed by atoms with Gasteiger partial charge in [-0.15, -0.1) is 0 Å². The number of H-pyrrole nitrogens is 1. The van der Waals surface area contributed by atoms with Crippen LogP contribution in [0.3, 0.4) is 0 Å². The molecule has 0 aliphatic carbocycles. The molecule has 3 heterocycles. The van der Waals surface area contributed by atoms with Crippen LogP contribution in [0.15, 0.2) is 24.8 Å². The second-order valence-corrected chi connectivity index (χ2v) is 8.22. The highest BCUT2D eigenvalue weighted by molar-refractivity contribution is 6.33.